The zero-order valence-electron chi connectivity index (χ0n) is 23.4. The van der Waals surface area contributed by atoms with Crippen molar-refractivity contribution in [1.29, 1.82) is 0 Å². The lowest BCUT2D eigenvalue weighted by Crippen LogP contribution is -2.56. The van der Waals surface area contributed by atoms with Crippen molar-refractivity contribution in [3.63, 3.8) is 0 Å². The molecule has 6 rings (SSSR count). The number of aromatic hydroxyl groups is 1. The lowest BCUT2D eigenvalue weighted by molar-refractivity contribution is -0.140. The predicted molar refractivity (Wildman–Crippen MR) is 153 cm³/mol. The van der Waals surface area contributed by atoms with E-state index in [0.717, 1.165) is 5.56 Å². The van der Waals surface area contributed by atoms with Gasteiger partial charge in [0.2, 0.25) is 16.0 Å². The second kappa shape index (κ2) is 11.3. The van der Waals surface area contributed by atoms with Gasteiger partial charge in [-0.3, -0.25) is 4.98 Å². The van der Waals surface area contributed by atoms with Crippen molar-refractivity contribution in [3.8, 4) is 17.0 Å². The maximum Gasteiger partial charge on any atom is 0.419 e. The number of nitrogens with zero attached hydrogens (tertiary/aromatic N) is 7. The number of hydrogen-bond donors (Lipinski definition) is 1. The van der Waals surface area contributed by atoms with E-state index in [-0.39, 0.29) is 53.3 Å². The molecule has 1 atom stereocenters. The summed E-state index contributed by atoms with van der Waals surface area (Å²) in [6, 6.07) is 12.2. The first kappa shape index (κ1) is 30.3. The minimum Gasteiger partial charge on any atom is -0.503 e. The van der Waals surface area contributed by atoms with E-state index in [0.29, 0.717) is 6.42 Å². The van der Waals surface area contributed by atoms with Crippen LogP contribution < -0.4 is 4.90 Å². The van der Waals surface area contributed by atoms with Crippen LogP contribution in [0.1, 0.15) is 11.1 Å². The summed E-state index contributed by atoms with van der Waals surface area (Å²) in [5.41, 5.74) is -1.90. The summed E-state index contributed by atoms with van der Waals surface area (Å²) in [6.07, 6.45) is -0.760. The van der Waals surface area contributed by atoms with Crippen molar-refractivity contribution < 1.29 is 35.5 Å². The number of alkyl halides is 3. The van der Waals surface area contributed by atoms with Gasteiger partial charge in [-0.05, 0) is 30.2 Å². The number of phenols is 1. The number of anilines is 1. The Morgan fingerprint density at radius 1 is 1.02 bits per heavy atom. The van der Waals surface area contributed by atoms with Gasteiger partial charge in [0.15, 0.2) is 23.0 Å². The van der Waals surface area contributed by atoms with Crippen LogP contribution in [0.3, 0.4) is 0 Å². The van der Waals surface area contributed by atoms with E-state index >= 15 is 0 Å². The van der Waals surface area contributed by atoms with Crippen molar-refractivity contribution in [2.24, 2.45) is 7.05 Å². The van der Waals surface area contributed by atoms with Gasteiger partial charge < -0.3 is 10.0 Å². The van der Waals surface area contributed by atoms with Crippen LogP contribution in [-0.2, 0) is 29.7 Å². The van der Waals surface area contributed by atoms with E-state index in [1.807, 2.05) is 35.2 Å². The molecule has 4 heterocycles. The first-order valence-corrected chi connectivity index (χ1v) is 15.0. The summed E-state index contributed by atoms with van der Waals surface area (Å²) in [7, 11) is -2.42. The molecule has 1 N–H and O–H groups in total. The van der Waals surface area contributed by atoms with Crippen LogP contribution in [-0.4, -0.2) is 68.2 Å². The van der Waals surface area contributed by atoms with Gasteiger partial charge in [-0.2, -0.15) is 27.6 Å². The number of benzene rings is 2. The third-order valence-electron chi connectivity index (χ3n) is 7.59. The number of sulfonamides is 1. The molecule has 45 heavy (non-hydrogen) atoms. The summed E-state index contributed by atoms with van der Waals surface area (Å²) in [6.45, 7) is 0.383. The van der Waals surface area contributed by atoms with Crippen LogP contribution in [0.5, 0.6) is 5.75 Å². The highest BCUT2D eigenvalue weighted by Crippen LogP contribution is 2.41. The average Bonchev–Trinajstić information content (AvgIpc) is 3.35. The zero-order chi connectivity index (χ0) is 32.1. The van der Waals surface area contributed by atoms with Crippen molar-refractivity contribution in [1.82, 2.24) is 29.0 Å². The van der Waals surface area contributed by atoms with E-state index in [1.165, 1.54) is 40.7 Å². The highest BCUT2D eigenvalue weighted by atomic mass is 32.2. The van der Waals surface area contributed by atoms with Crippen molar-refractivity contribution in [2.75, 3.05) is 24.5 Å². The highest BCUT2D eigenvalue weighted by molar-refractivity contribution is 7.89. The molecule has 0 saturated carbocycles. The number of hydrogen-bond acceptors (Lipinski definition) is 8. The quantitative estimate of drug-likeness (QED) is 0.268. The van der Waals surface area contributed by atoms with Crippen LogP contribution in [0.2, 0.25) is 0 Å². The predicted octanol–water partition coefficient (Wildman–Crippen LogP) is 4.55. The Morgan fingerprint density at radius 2 is 1.78 bits per heavy atom. The highest BCUT2D eigenvalue weighted by Gasteiger charge is 2.39. The zero-order valence-corrected chi connectivity index (χ0v) is 24.3. The summed E-state index contributed by atoms with van der Waals surface area (Å²) in [5, 5.41) is 14.0. The number of halogens is 5. The van der Waals surface area contributed by atoms with Crippen molar-refractivity contribution in [3.05, 3.63) is 89.9 Å². The molecular formula is C29H24F5N7O3S. The number of rotatable bonds is 6. The van der Waals surface area contributed by atoms with Gasteiger partial charge in [0, 0.05) is 56.9 Å². The van der Waals surface area contributed by atoms with Crippen molar-refractivity contribution >= 4 is 27.0 Å². The molecule has 234 valence electrons. The summed E-state index contributed by atoms with van der Waals surface area (Å²) < 4.78 is 98.8. The summed E-state index contributed by atoms with van der Waals surface area (Å²) in [5.74, 6) is -5.33. The van der Waals surface area contributed by atoms with E-state index in [1.54, 1.807) is 6.07 Å². The summed E-state index contributed by atoms with van der Waals surface area (Å²) >= 11 is 0. The molecule has 0 radical (unpaired) electrons. The summed E-state index contributed by atoms with van der Waals surface area (Å²) in [4.78, 5) is 14.8. The normalized spacial score (nSPS) is 16.4. The molecule has 1 fully saturated rings. The second-order valence-corrected chi connectivity index (χ2v) is 12.4. The third-order valence-corrected chi connectivity index (χ3v) is 9.44. The van der Waals surface area contributed by atoms with Gasteiger partial charge in [0.25, 0.3) is 0 Å². The molecule has 1 aliphatic rings. The first-order valence-electron chi connectivity index (χ1n) is 13.5. The van der Waals surface area contributed by atoms with Crippen LogP contribution in [0, 0.1) is 11.6 Å². The molecule has 1 saturated heterocycles. The molecule has 0 spiro atoms. The molecule has 3 aromatic heterocycles. The number of fused-ring (bicyclic) bond motifs is 1. The van der Waals surface area contributed by atoms with Gasteiger partial charge in [-0.25, -0.2) is 26.9 Å². The van der Waals surface area contributed by atoms with Gasteiger partial charge in [0.05, 0.1) is 10.9 Å². The fourth-order valence-electron chi connectivity index (χ4n) is 5.39. The van der Waals surface area contributed by atoms with Crippen molar-refractivity contribution in [2.45, 2.75) is 23.5 Å². The number of pyridine rings is 1. The lowest BCUT2D eigenvalue weighted by atomic mass is 10.0. The molecule has 0 bridgehead atoms. The molecule has 1 aliphatic heterocycles. The Morgan fingerprint density at radius 3 is 2.47 bits per heavy atom. The Hall–Kier alpha value is -4.70. The fraction of sp³-hybridized carbons (Fsp3) is 0.241. The maximum absolute atomic E-state index is 14.9. The van der Waals surface area contributed by atoms with E-state index in [9.17, 15) is 35.5 Å². The molecule has 10 nitrogen and oxygen atoms in total. The molecule has 0 amide bonds. The Bertz CT molecular complexity index is 1990. The largest absolute Gasteiger partial charge is 0.503 e. The van der Waals surface area contributed by atoms with Crippen LogP contribution >= 0.6 is 0 Å². The van der Waals surface area contributed by atoms with Gasteiger partial charge >= 0.3 is 6.18 Å². The third kappa shape index (κ3) is 5.55. The van der Waals surface area contributed by atoms with Gasteiger partial charge in [-0.1, -0.05) is 30.3 Å². The SMILES string of the molecule is Cn1nc(-c2cc(C(F)(F)F)c(F)c(O)c2F)c2cnc(N3CCN(S(=O)(=O)c4cccnc4)C[C@H]3Cc3ccccc3)nc21. The number of piperazine rings is 1. The fourth-order valence-corrected chi connectivity index (χ4v) is 6.82. The topological polar surface area (TPSA) is 117 Å². The average molecular weight is 646 g/mol. The van der Waals surface area contributed by atoms with Gasteiger partial charge in [0.1, 0.15) is 10.6 Å². The molecule has 16 heteroatoms. The second-order valence-electron chi connectivity index (χ2n) is 10.4. The van der Waals surface area contributed by atoms with Crippen LogP contribution in [0.4, 0.5) is 27.9 Å². The van der Waals surface area contributed by atoms with Gasteiger partial charge in [-0.15, -0.1) is 0 Å². The van der Waals surface area contributed by atoms with E-state index in [4.69, 9.17) is 0 Å². The standard InChI is InChI=1S/C29H24F5N7O3S/c1-39-27-21(25(38-39)20-13-22(29(32,33)34)24(31)26(42)23(20)30)15-36-28(37-27)41-11-10-40(45(43,44)19-8-5-9-35-14-19)16-18(41)12-17-6-3-2-4-7-17/h2-9,13-15,18,42H,10-12,16H2,1H3/t18-/m1/s1. The monoisotopic (exact) mass is 645 g/mol. The number of phenolic OH excluding ortho intramolecular Hbond substituents is 1. The first-order chi connectivity index (χ1) is 21.4. The van der Waals surface area contributed by atoms with E-state index < -0.39 is 50.8 Å². The molecule has 2 aromatic carbocycles. The molecule has 5 aromatic rings. The van der Waals surface area contributed by atoms with E-state index in [2.05, 4.69) is 20.1 Å². The smallest absolute Gasteiger partial charge is 0.419 e. The Balaban J connectivity index is 1.39. The lowest BCUT2D eigenvalue weighted by Gasteiger charge is -2.41. The van der Waals surface area contributed by atoms with Crippen LogP contribution in [0.25, 0.3) is 22.3 Å². The Kier molecular flexibility index (Phi) is 7.64. The minimum absolute atomic E-state index is 0.0525. The maximum atomic E-state index is 14.9. The number of aromatic nitrogens is 5. The molecule has 0 aliphatic carbocycles. The molecule has 0 unspecified atom stereocenters. The van der Waals surface area contributed by atoms with Crippen LogP contribution in [0.15, 0.2) is 72.0 Å². The Labute approximate surface area is 253 Å². The number of aryl methyl sites for hydroxylation is 1. The molecular weight excluding hydrogens is 621 g/mol. The minimum atomic E-state index is -5.21.